The van der Waals surface area contributed by atoms with Gasteiger partial charge in [-0.1, -0.05) is 74.5 Å². The Balaban J connectivity index is 1.48. The van der Waals surface area contributed by atoms with E-state index >= 15 is 0 Å². The van der Waals surface area contributed by atoms with Crippen LogP contribution >= 0.6 is 0 Å². The monoisotopic (exact) mass is 652 g/mol. The normalized spacial score (nSPS) is 17.0. The topological polar surface area (TPSA) is 199 Å². The number of amides is 5. The fraction of sp³-hybridized carbons (Fsp3) is 0.455. The van der Waals surface area contributed by atoms with Crippen molar-refractivity contribution in [1.29, 1.82) is 0 Å². The second-order valence-corrected chi connectivity index (χ2v) is 11.7. The zero-order chi connectivity index (χ0) is 34.5. The Kier molecular flexibility index (Phi) is 13.8. The summed E-state index contributed by atoms with van der Waals surface area (Å²) in [5.74, 6) is -4.97. The lowest BCUT2D eigenvalue weighted by Gasteiger charge is -2.26. The Hall–Kier alpha value is -4.82. The van der Waals surface area contributed by atoms with Gasteiger partial charge in [0, 0.05) is 6.54 Å². The summed E-state index contributed by atoms with van der Waals surface area (Å²) >= 11 is 0. The van der Waals surface area contributed by atoms with Gasteiger partial charge in [0.15, 0.2) is 12.2 Å². The van der Waals surface area contributed by atoms with E-state index in [2.05, 4.69) is 26.7 Å². The van der Waals surface area contributed by atoms with Crippen LogP contribution in [-0.2, 0) is 46.5 Å². The van der Waals surface area contributed by atoms with Crippen LogP contribution < -0.4 is 26.7 Å². The van der Waals surface area contributed by atoms with E-state index in [1.165, 1.54) is 19.4 Å². The molecule has 1 aliphatic rings. The highest BCUT2D eigenvalue weighted by Gasteiger charge is 2.53. The van der Waals surface area contributed by atoms with Crippen LogP contribution in [0, 0.1) is 5.92 Å². The number of hydrogen-bond acceptors (Lipinski definition) is 8. The van der Waals surface area contributed by atoms with Crippen LogP contribution in [0.15, 0.2) is 60.7 Å². The van der Waals surface area contributed by atoms with Crippen LogP contribution in [0.3, 0.4) is 0 Å². The van der Waals surface area contributed by atoms with Crippen molar-refractivity contribution in [2.45, 2.75) is 77.4 Å². The molecule has 0 aliphatic carbocycles. The number of aliphatic carboxylic acids is 1. The molecule has 2 aromatic rings. The smallest absolute Gasteiger partial charge is 0.325 e. The number of carbonyl (C=O) groups excluding carboxylic acids is 5. The van der Waals surface area contributed by atoms with Crippen LogP contribution in [0.1, 0.15) is 45.2 Å². The van der Waals surface area contributed by atoms with E-state index < -0.39 is 72.4 Å². The largest absolute Gasteiger partial charge is 0.480 e. The third-order valence-corrected chi connectivity index (χ3v) is 7.41. The number of epoxide rings is 1. The minimum Gasteiger partial charge on any atom is -0.480 e. The van der Waals surface area contributed by atoms with Gasteiger partial charge in [0.05, 0.1) is 6.04 Å². The van der Waals surface area contributed by atoms with Crippen molar-refractivity contribution in [3.05, 3.63) is 71.8 Å². The van der Waals surface area contributed by atoms with Gasteiger partial charge in [0.25, 0.3) is 17.7 Å². The standard InChI is InChI=1S/C33H44N6O8/c1-20(2)26(34-17-11-16-23-12-7-5-8-13-23)31(44)36-22(4)30(43)38-39(19-25(40)41)33(46)28-27(47-28)32(45)37-21(3)29(42)35-18-24-14-9-6-10-15-24/h5-10,12-15,20-22,26-28,34H,11,16-19H2,1-4H3,(H,35,42)(H,36,44)(H,37,45)(H,38,43)(H,40,41)/t21-,22-,26-,27-,28-/m0/s1. The van der Waals surface area contributed by atoms with Crippen molar-refractivity contribution < 1.29 is 38.6 Å². The SMILES string of the molecule is CC(C)[C@H](NCCCc1ccccc1)C(=O)N[C@@H](C)C(=O)NN(CC(=O)O)C(=O)[C@H]1O[C@@H]1C(=O)N[C@@H](C)C(=O)NCc1ccccc1. The molecular weight excluding hydrogens is 608 g/mol. The molecule has 5 atom stereocenters. The highest BCUT2D eigenvalue weighted by Crippen LogP contribution is 2.24. The fourth-order valence-electron chi connectivity index (χ4n) is 4.68. The number of rotatable bonds is 17. The molecule has 0 aromatic heterocycles. The van der Waals surface area contributed by atoms with Gasteiger partial charge in [0.1, 0.15) is 18.6 Å². The van der Waals surface area contributed by atoms with Crippen LogP contribution in [0.4, 0.5) is 0 Å². The summed E-state index contributed by atoms with van der Waals surface area (Å²) in [6.07, 6.45) is -1.02. The first kappa shape index (κ1) is 36.6. The fourth-order valence-corrected chi connectivity index (χ4v) is 4.68. The molecule has 1 aliphatic heterocycles. The lowest BCUT2D eigenvalue weighted by atomic mass is 10.0. The zero-order valence-electron chi connectivity index (χ0n) is 27.0. The Labute approximate surface area is 274 Å². The van der Waals surface area contributed by atoms with E-state index in [-0.39, 0.29) is 12.5 Å². The lowest BCUT2D eigenvalue weighted by Crippen LogP contribution is -2.58. The van der Waals surface area contributed by atoms with E-state index in [1.54, 1.807) is 0 Å². The average Bonchev–Trinajstić information content (AvgIpc) is 3.84. The summed E-state index contributed by atoms with van der Waals surface area (Å²) in [5, 5.41) is 20.9. The summed E-state index contributed by atoms with van der Waals surface area (Å²) in [7, 11) is 0. The molecule has 0 radical (unpaired) electrons. The molecule has 5 amide bonds. The summed E-state index contributed by atoms with van der Waals surface area (Å²) in [4.78, 5) is 75.5. The van der Waals surface area contributed by atoms with Crippen LogP contribution in [0.25, 0.3) is 0 Å². The summed E-state index contributed by atoms with van der Waals surface area (Å²) in [6, 6.07) is 16.5. The maximum atomic E-state index is 13.0. The van der Waals surface area contributed by atoms with Crippen molar-refractivity contribution in [3.8, 4) is 0 Å². The third kappa shape index (κ3) is 11.8. The van der Waals surface area contributed by atoms with Gasteiger partial charge in [-0.2, -0.15) is 0 Å². The summed E-state index contributed by atoms with van der Waals surface area (Å²) in [6.45, 7) is 6.51. The minimum absolute atomic E-state index is 0.0974. The molecule has 1 fully saturated rings. The first-order valence-corrected chi connectivity index (χ1v) is 15.6. The number of nitrogens with zero attached hydrogens (tertiary/aromatic N) is 1. The molecule has 14 heteroatoms. The van der Waals surface area contributed by atoms with Gasteiger partial charge >= 0.3 is 5.97 Å². The quantitative estimate of drug-likeness (QED) is 0.0789. The van der Waals surface area contributed by atoms with E-state index in [0.717, 1.165) is 18.4 Å². The number of aryl methyl sites for hydroxylation is 1. The second kappa shape index (κ2) is 17.8. The molecule has 254 valence electrons. The zero-order valence-corrected chi connectivity index (χ0v) is 27.0. The van der Waals surface area contributed by atoms with Gasteiger partial charge in [0.2, 0.25) is 11.8 Å². The third-order valence-electron chi connectivity index (χ3n) is 7.41. The molecule has 0 unspecified atom stereocenters. The van der Waals surface area contributed by atoms with Crippen LogP contribution in [0.5, 0.6) is 0 Å². The lowest BCUT2D eigenvalue weighted by molar-refractivity contribution is -0.151. The number of carbonyl (C=O) groups is 6. The number of carboxylic acids is 1. The summed E-state index contributed by atoms with van der Waals surface area (Å²) < 4.78 is 5.20. The Morgan fingerprint density at radius 3 is 1.98 bits per heavy atom. The van der Waals surface area contributed by atoms with Gasteiger partial charge < -0.3 is 31.1 Å². The Morgan fingerprint density at radius 2 is 1.38 bits per heavy atom. The first-order chi connectivity index (χ1) is 22.4. The van der Waals surface area contributed by atoms with Crippen molar-refractivity contribution >= 4 is 35.5 Å². The predicted octanol–water partition coefficient (Wildman–Crippen LogP) is 0.271. The van der Waals surface area contributed by atoms with Gasteiger partial charge in [-0.3, -0.25) is 34.2 Å². The molecule has 0 saturated carbocycles. The number of benzene rings is 2. The van der Waals surface area contributed by atoms with Crippen molar-refractivity contribution in [2.75, 3.05) is 13.1 Å². The molecule has 47 heavy (non-hydrogen) atoms. The molecule has 1 heterocycles. The summed E-state index contributed by atoms with van der Waals surface area (Å²) in [5.41, 5.74) is 4.27. The van der Waals surface area contributed by atoms with Crippen LogP contribution in [-0.4, -0.2) is 89.0 Å². The second-order valence-electron chi connectivity index (χ2n) is 11.7. The number of hydrazine groups is 1. The Morgan fingerprint density at radius 1 is 0.787 bits per heavy atom. The number of ether oxygens (including phenoxy) is 1. The van der Waals surface area contributed by atoms with E-state index in [9.17, 15) is 33.9 Å². The number of carboxylic acid groups (broad SMARTS) is 1. The maximum Gasteiger partial charge on any atom is 0.325 e. The first-order valence-electron chi connectivity index (χ1n) is 15.6. The molecule has 2 aromatic carbocycles. The highest BCUT2D eigenvalue weighted by molar-refractivity contribution is 5.98. The van der Waals surface area contributed by atoms with Crippen LogP contribution in [0.2, 0.25) is 0 Å². The Bertz CT molecular complexity index is 1390. The van der Waals surface area contributed by atoms with Crippen molar-refractivity contribution in [1.82, 2.24) is 31.7 Å². The molecular formula is C33H44N6O8. The van der Waals surface area contributed by atoms with Gasteiger partial charge in [-0.15, -0.1) is 0 Å². The molecule has 14 nitrogen and oxygen atoms in total. The predicted molar refractivity (Wildman–Crippen MR) is 171 cm³/mol. The molecule has 0 bridgehead atoms. The van der Waals surface area contributed by atoms with Gasteiger partial charge in [-0.05, 0) is 50.3 Å². The number of hydrogen-bond donors (Lipinski definition) is 6. The van der Waals surface area contributed by atoms with Crippen molar-refractivity contribution in [3.63, 3.8) is 0 Å². The maximum absolute atomic E-state index is 13.0. The molecule has 0 spiro atoms. The highest BCUT2D eigenvalue weighted by atomic mass is 16.6. The van der Waals surface area contributed by atoms with E-state index in [4.69, 9.17) is 4.74 Å². The number of nitrogens with one attached hydrogen (secondary N) is 5. The van der Waals surface area contributed by atoms with E-state index in [1.807, 2.05) is 74.5 Å². The molecule has 3 rings (SSSR count). The minimum atomic E-state index is -1.43. The van der Waals surface area contributed by atoms with Crippen molar-refractivity contribution in [2.24, 2.45) is 5.92 Å². The van der Waals surface area contributed by atoms with E-state index in [0.29, 0.717) is 11.6 Å². The molecule has 6 N–H and O–H groups in total. The van der Waals surface area contributed by atoms with Gasteiger partial charge in [-0.25, -0.2) is 5.01 Å². The molecule has 1 saturated heterocycles. The average molecular weight is 653 g/mol.